The SMILES string of the molecule is COc1ccc(S(=O)(=O)Nc2nc(CC(=O)N3CCc4ccccc43)cs2)cc1. The molecule has 3 aromatic rings. The first-order valence-corrected chi connectivity index (χ1v) is 11.3. The zero-order chi connectivity index (χ0) is 20.4. The van der Waals surface area contributed by atoms with E-state index >= 15 is 0 Å². The number of ether oxygens (including phenoxy) is 1. The summed E-state index contributed by atoms with van der Waals surface area (Å²) in [7, 11) is -2.25. The molecule has 0 aliphatic carbocycles. The second-order valence-electron chi connectivity index (χ2n) is 6.53. The predicted octanol–water partition coefficient (Wildman–Crippen LogP) is 3.08. The van der Waals surface area contributed by atoms with Crippen LogP contribution in [0.4, 0.5) is 10.8 Å². The van der Waals surface area contributed by atoms with Crippen molar-refractivity contribution in [1.82, 2.24) is 4.98 Å². The molecule has 0 saturated carbocycles. The van der Waals surface area contributed by atoms with Crippen LogP contribution >= 0.6 is 11.3 Å². The molecule has 2 heterocycles. The number of thiazole rings is 1. The number of hydrogen-bond acceptors (Lipinski definition) is 6. The monoisotopic (exact) mass is 429 g/mol. The Labute approximate surface area is 173 Å². The molecule has 0 radical (unpaired) electrons. The number of aromatic nitrogens is 1. The molecule has 9 heteroatoms. The van der Waals surface area contributed by atoms with Gasteiger partial charge in [-0.25, -0.2) is 13.4 Å². The lowest BCUT2D eigenvalue weighted by molar-refractivity contribution is -0.117. The van der Waals surface area contributed by atoms with Gasteiger partial charge in [0, 0.05) is 17.6 Å². The minimum absolute atomic E-state index is 0.0511. The van der Waals surface area contributed by atoms with Gasteiger partial charge in [0.1, 0.15) is 5.75 Å². The summed E-state index contributed by atoms with van der Waals surface area (Å²) in [6.07, 6.45) is 0.959. The highest BCUT2D eigenvalue weighted by Gasteiger charge is 2.25. The Morgan fingerprint density at radius 3 is 2.72 bits per heavy atom. The zero-order valence-corrected chi connectivity index (χ0v) is 17.3. The fourth-order valence-corrected chi connectivity index (χ4v) is 5.17. The van der Waals surface area contributed by atoms with Crippen molar-refractivity contribution in [3.8, 4) is 5.75 Å². The molecular weight excluding hydrogens is 410 g/mol. The van der Waals surface area contributed by atoms with Gasteiger partial charge in [0.05, 0.1) is 24.1 Å². The highest BCUT2D eigenvalue weighted by Crippen LogP contribution is 2.28. The molecule has 29 heavy (non-hydrogen) atoms. The van der Waals surface area contributed by atoms with Crippen LogP contribution in [0.15, 0.2) is 58.8 Å². The molecule has 4 rings (SSSR count). The molecule has 0 saturated heterocycles. The van der Waals surface area contributed by atoms with Crippen molar-refractivity contribution in [2.45, 2.75) is 17.7 Å². The van der Waals surface area contributed by atoms with Crippen LogP contribution in [-0.2, 0) is 27.7 Å². The maximum absolute atomic E-state index is 12.7. The molecule has 1 aliphatic rings. The summed E-state index contributed by atoms with van der Waals surface area (Å²) in [6, 6.07) is 13.9. The number of amides is 1. The number of benzene rings is 2. The largest absolute Gasteiger partial charge is 0.497 e. The normalized spacial score (nSPS) is 13.2. The van der Waals surface area contributed by atoms with Crippen LogP contribution in [0.5, 0.6) is 5.75 Å². The Morgan fingerprint density at radius 1 is 1.21 bits per heavy atom. The van der Waals surface area contributed by atoms with E-state index in [1.165, 1.54) is 19.2 Å². The van der Waals surface area contributed by atoms with Gasteiger partial charge in [0.15, 0.2) is 5.13 Å². The van der Waals surface area contributed by atoms with Crippen molar-refractivity contribution < 1.29 is 17.9 Å². The van der Waals surface area contributed by atoms with Crippen LogP contribution < -0.4 is 14.4 Å². The average molecular weight is 430 g/mol. The van der Waals surface area contributed by atoms with Gasteiger partial charge in [-0.15, -0.1) is 11.3 Å². The molecule has 150 valence electrons. The number of para-hydroxylation sites is 1. The van der Waals surface area contributed by atoms with Crippen molar-refractivity contribution in [3.05, 3.63) is 65.2 Å². The molecule has 0 unspecified atom stereocenters. The number of nitrogens with zero attached hydrogens (tertiary/aromatic N) is 2. The maximum atomic E-state index is 12.7. The van der Waals surface area contributed by atoms with E-state index in [2.05, 4.69) is 9.71 Å². The first kappa shape index (κ1) is 19.4. The van der Waals surface area contributed by atoms with Crippen LogP contribution in [0.2, 0.25) is 0 Å². The summed E-state index contributed by atoms with van der Waals surface area (Å²) >= 11 is 1.15. The van der Waals surface area contributed by atoms with E-state index in [1.807, 2.05) is 24.3 Å². The number of hydrogen-bond donors (Lipinski definition) is 1. The van der Waals surface area contributed by atoms with Crippen molar-refractivity contribution in [3.63, 3.8) is 0 Å². The van der Waals surface area contributed by atoms with Crippen LogP contribution in [0, 0.1) is 0 Å². The minimum Gasteiger partial charge on any atom is -0.497 e. The van der Waals surface area contributed by atoms with Crippen molar-refractivity contribution in [1.29, 1.82) is 0 Å². The highest BCUT2D eigenvalue weighted by molar-refractivity contribution is 7.93. The highest BCUT2D eigenvalue weighted by atomic mass is 32.2. The van der Waals surface area contributed by atoms with Crippen LogP contribution in [-0.4, -0.2) is 33.0 Å². The average Bonchev–Trinajstić information content (AvgIpc) is 3.34. The van der Waals surface area contributed by atoms with E-state index in [0.717, 1.165) is 29.0 Å². The lowest BCUT2D eigenvalue weighted by atomic mass is 10.2. The van der Waals surface area contributed by atoms with E-state index < -0.39 is 10.0 Å². The van der Waals surface area contributed by atoms with E-state index in [9.17, 15) is 13.2 Å². The van der Waals surface area contributed by atoms with Gasteiger partial charge in [-0.05, 0) is 42.3 Å². The number of carbonyl (C=O) groups excluding carboxylic acids is 1. The first-order chi connectivity index (χ1) is 14.0. The Hall–Kier alpha value is -2.91. The van der Waals surface area contributed by atoms with E-state index in [1.54, 1.807) is 22.4 Å². The summed E-state index contributed by atoms with van der Waals surface area (Å²) in [5, 5.41) is 1.93. The molecule has 1 aliphatic heterocycles. The van der Waals surface area contributed by atoms with Crippen molar-refractivity contribution in [2.75, 3.05) is 23.3 Å². The zero-order valence-electron chi connectivity index (χ0n) is 15.7. The minimum atomic E-state index is -3.76. The lowest BCUT2D eigenvalue weighted by Crippen LogP contribution is -2.30. The number of methoxy groups -OCH3 is 1. The summed E-state index contributed by atoms with van der Waals surface area (Å²) in [5.41, 5.74) is 2.64. The molecular formula is C20H19N3O4S2. The lowest BCUT2D eigenvalue weighted by Gasteiger charge is -2.16. The number of nitrogens with one attached hydrogen (secondary N) is 1. The van der Waals surface area contributed by atoms with Gasteiger partial charge in [0.25, 0.3) is 10.0 Å². The topological polar surface area (TPSA) is 88.6 Å². The Kier molecular flexibility index (Phi) is 5.25. The third-order valence-corrected chi connectivity index (χ3v) is 6.95. The molecule has 2 aromatic carbocycles. The summed E-state index contributed by atoms with van der Waals surface area (Å²) in [5.74, 6) is 0.521. The van der Waals surface area contributed by atoms with Gasteiger partial charge in [-0.3, -0.25) is 9.52 Å². The molecule has 0 fully saturated rings. The number of rotatable bonds is 6. The second-order valence-corrected chi connectivity index (χ2v) is 9.07. The third kappa shape index (κ3) is 4.10. The van der Waals surface area contributed by atoms with Gasteiger partial charge in [0.2, 0.25) is 5.91 Å². The van der Waals surface area contributed by atoms with Gasteiger partial charge >= 0.3 is 0 Å². The van der Waals surface area contributed by atoms with E-state index in [0.29, 0.717) is 18.0 Å². The molecule has 7 nitrogen and oxygen atoms in total. The third-order valence-electron chi connectivity index (χ3n) is 4.66. The molecule has 1 amide bonds. The fourth-order valence-electron chi connectivity index (χ4n) is 3.21. The molecule has 1 N–H and O–H groups in total. The first-order valence-electron chi connectivity index (χ1n) is 8.96. The quantitative estimate of drug-likeness (QED) is 0.651. The Balaban J connectivity index is 1.44. The second kappa shape index (κ2) is 7.84. The summed E-state index contributed by atoms with van der Waals surface area (Å²) in [6.45, 7) is 0.652. The van der Waals surface area contributed by atoms with Gasteiger partial charge in [-0.1, -0.05) is 18.2 Å². The van der Waals surface area contributed by atoms with Crippen molar-refractivity contribution in [2.24, 2.45) is 0 Å². The molecule has 0 atom stereocenters. The summed E-state index contributed by atoms with van der Waals surface area (Å²) < 4.78 is 32.5. The van der Waals surface area contributed by atoms with E-state index in [-0.39, 0.29) is 22.4 Å². The van der Waals surface area contributed by atoms with Gasteiger partial charge < -0.3 is 9.64 Å². The summed E-state index contributed by atoms with van der Waals surface area (Å²) in [4.78, 5) is 18.8. The number of sulfonamides is 1. The van der Waals surface area contributed by atoms with Crippen molar-refractivity contribution >= 4 is 38.1 Å². The number of anilines is 2. The van der Waals surface area contributed by atoms with Crippen LogP contribution in [0.3, 0.4) is 0 Å². The maximum Gasteiger partial charge on any atom is 0.263 e. The number of fused-ring (bicyclic) bond motifs is 1. The van der Waals surface area contributed by atoms with Crippen LogP contribution in [0.1, 0.15) is 11.3 Å². The number of carbonyl (C=O) groups is 1. The molecule has 0 bridgehead atoms. The Bertz CT molecular complexity index is 1140. The standard InChI is InChI=1S/C20H19N3O4S2/c1-27-16-6-8-17(9-7-16)29(25,26)22-20-21-15(13-28-20)12-19(24)23-11-10-14-4-2-3-5-18(14)23/h2-9,13H,10-12H2,1H3,(H,21,22). The predicted molar refractivity (Wildman–Crippen MR) is 112 cm³/mol. The fraction of sp³-hybridized carbons (Fsp3) is 0.200. The molecule has 0 spiro atoms. The van der Waals surface area contributed by atoms with Gasteiger partial charge in [-0.2, -0.15) is 0 Å². The van der Waals surface area contributed by atoms with Crippen LogP contribution in [0.25, 0.3) is 0 Å². The Morgan fingerprint density at radius 2 is 1.97 bits per heavy atom. The van der Waals surface area contributed by atoms with E-state index in [4.69, 9.17) is 4.74 Å². The smallest absolute Gasteiger partial charge is 0.263 e. The molecule has 1 aromatic heterocycles.